The Bertz CT molecular complexity index is 688. The fourth-order valence-corrected chi connectivity index (χ4v) is 8.66. The molecule has 0 aromatic heterocycles. The number of unbranched alkanes of at least 4 members (excludes halogenated alkanes) is 38. The van der Waals surface area contributed by atoms with E-state index in [1.54, 1.807) is 0 Å². The van der Waals surface area contributed by atoms with Gasteiger partial charge in [-0.15, -0.1) is 0 Å². The molecule has 52 heavy (non-hydrogen) atoms. The van der Waals surface area contributed by atoms with Crippen molar-refractivity contribution in [2.75, 3.05) is 13.1 Å². The summed E-state index contributed by atoms with van der Waals surface area (Å²) in [4.78, 5) is 5.48. The van der Waals surface area contributed by atoms with Gasteiger partial charge in [-0.3, -0.25) is 0 Å². The fraction of sp³-hybridized carbons (Fsp3) is 0.960. The fourth-order valence-electron chi connectivity index (χ4n) is 8.66. The molecule has 310 valence electrons. The molecule has 1 atom stereocenters. The Balaban J connectivity index is 2.19. The van der Waals surface area contributed by atoms with Crippen LogP contribution in [0, 0.1) is 0 Å². The Hall–Kier alpha value is -0.660. The molecule has 0 bridgehead atoms. The van der Waals surface area contributed by atoms with Gasteiger partial charge in [0.05, 0.1) is 0 Å². The minimum atomic E-state index is 0.636. The average molecular weight is 729 g/mol. The van der Waals surface area contributed by atoms with E-state index in [1.165, 1.54) is 283 Å². The van der Waals surface area contributed by atoms with Crippen molar-refractivity contribution in [2.45, 2.75) is 297 Å². The van der Waals surface area contributed by atoms with Gasteiger partial charge < -0.3 is 9.80 Å². The Labute approximate surface area is 330 Å². The minimum absolute atomic E-state index is 0.636. The van der Waals surface area contributed by atoms with E-state index in [0.717, 1.165) is 0 Å². The van der Waals surface area contributed by atoms with E-state index >= 15 is 0 Å². The summed E-state index contributed by atoms with van der Waals surface area (Å²) in [6, 6.07) is 0. The second-order valence-corrected chi connectivity index (χ2v) is 17.5. The van der Waals surface area contributed by atoms with E-state index in [0.29, 0.717) is 6.17 Å². The largest absolute Gasteiger partial charge is 0.356 e. The van der Waals surface area contributed by atoms with Crippen LogP contribution in [-0.4, -0.2) is 29.1 Å². The van der Waals surface area contributed by atoms with Crippen LogP contribution in [0.4, 0.5) is 0 Å². The third-order valence-corrected chi connectivity index (χ3v) is 12.3. The molecule has 0 saturated carbocycles. The van der Waals surface area contributed by atoms with Crippen LogP contribution in [0.5, 0.6) is 0 Å². The maximum absolute atomic E-state index is 2.74. The predicted molar refractivity (Wildman–Crippen MR) is 237 cm³/mol. The molecule has 0 radical (unpaired) electrons. The first kappa shape index (κ1) is 49.4. The maximum Gasteiger partial charge on any atom is 0.101 e. The van der Waals surface area contributed by atoms with Gasteiger partial charge in [0.15, 0.2) is 0 Å². The normalized spacial score (nSPS) is 14.4. The van der Waals surface area contributed by atoms with Crippen molar-refractivity contribution in [3.63, 3.8) is 0 Å². The van der Waals surface area contributed by atoms with E-state index in [9.17, 15) is 0 Å². The highest BCUT2D eigenvalue weighted by Crippen LogP contribution is 2.24. The van der Waals surface area contributed by atoms with Gasteiger partial charge in [0.2, 0.25) is 0 Å². The lowest BCUT2D eigenvalue weighted by Gasteiger charge is -2.33. The molecule has 0 aliphatic carbocycles. The molecule has 0 fully saturated rings. The lowest BCUT2D eigenvalue weighted by Crippen LogP contribution is -2.39. The summed E-state index contributed by atoms with van der Waals surface area (Å²) in [6.45, 7) is 9.49. The van der Waals surface area contributed by atoms with Crippen LogP contribution in [-0.2, 0) is 0 Å². The van der Waals surface area contributed by atoms with E-state index in [2.05, 4.69) is 43.0 Å². The monoisotopic (exact) mass is 729 g/mol. The summed E-state index contributed by atoms with van der Waals surface area (Å²) in [5, 5.41) is 0. The third kappa shape index (κ3) is 32.7. The Morgan fingerprint density at radius 2 is 0.442 bits per heavy atom. The number of hydrogen-bond acceptors (Lipinski definition) is 2. The van der Waals surface area contributed by atoms with Gasteiger partial charge in [-0.05, 0) is 25.7 Å². The molecule has 1 aliphatic rings. The van der Waals surface area contributed by atoms with Crippen LogP contribution < -0.4 is 0 Å². The summed E-state index contributed by atoms with van der Waals surface area (Å²) in [6.07, 6.45) is 66.4. The Morgan fingerprint density at radius 1 is 0.250 bits per heavy atom. The quantitative estimate of drug-likeness (QED) is 0.0576. The highest BCUT2D eigenvalue weighted by atomic mass is 15.4. The molecule has 0 spiro atoms. The van der Waals surface area contributed by atoms with Gasteiger partial charge in [-0.1, -0.05) is 265 Å². The van der Waals surface area contributed by atoms with Gasteiger partial charge in [-0.2, -0.15) is 0 Å². The lowest BCUT2D eigenvalue weighted by atomic mass is 10.0. The molecule has 0 saturated heterocycles. The first-order valence-corrected chi connectivity index (χ1v) is 25.0. The summed E-state index contributed by atoms with van der Waals surface area (Å²) >= 11 is 0. The average Bonchev–Trinajstić information content (AvgIpc) is 3.54. The summed E-state index contributed by atoms with van der Waals surface area (Å²) in [5.41, 5.74) is 0. The molecule has 0 aromatic carbocycles. The van der Waals surface area contributed by atoms with Gasteiger partial charge in [0.1, 0.15) is 6.17 Å². The minimum Gasteiger partial charge on any atom is -0.356 e. The van der Waals surface area contributed by atoms with Gasteiger partial charge in [0.25, 0.3) is 0 Å². The summed E-state index contributed by atoms with van der Waals surface area (Å²) < 4.78 is 0. The first-order valence-electron chi connectivity index (χ1n) is 25.0. The topological polar surface area (TPSA) is 6.48 Å². The van der Waals surface area contributed by atoms with Crippen LogP contribution in [0.1, 0.15) is 290 Å². The van der Waals surface area contributed by atoms with Gasteiger partial charge >= 0.3 is 0 Å². The Kier molecular flexibility index (Phi) is 39.4. The second-order valence-electron chi connectivity index (χ2n) is 17.5. The number of rotatable bonds is 44. The van der Waals surface area contributed by atoms with E-state index < -0.39 is 0 Å². The summed E-state index contributed by atoms with van der Waals surface area (Å²) in [7, 11) is 0. The van der Waals surface area contributed by atoms with E-state index in [1.807, 2.05) is 0 Å². The second kappa shape index (κ2) is 41.5. The third-order valence-electron chi connectivity index (χ3n) is 12.3. The maximum atomic E-state index is 2.74. The molecular weight excluding hydrogens is 629 g/mol. The first-order chi connectivity index (χ1) is 25.8. The molecule has 0 N–H and O–H groups in total. The molecule has 0 aromatic rings. The van der Waals surface area contributed by atoms with Crippen molar-refractivity contribution in [2.24, 2.45) is 0 Å². The van der Waals surface area contributed by atoms with Crippen molar-refractivity contribution in [3.8, 4) is 0 Å². The zero-order valence-electron chi connectivity index (χ0n) is 36.7. The van der Waals surface area contributed by atoms with Crippen LogP contribution in [0.15, 0.2) is 12.4 Å². The molecule has 1 rings (SSSR count). The van der Waals surface area contributed by atoms with Crippen molar-refractivity contribution in [3.05, 3.63) is 12.4 Å². The predicted octanol–water partition coefficient (Wildman–Crippen LogP) is 17.8. The number of nitrogens with zero attached hydrogens (tertiary/aromatic N) is 2. The molecule has 0 amide bonds. The smallest absolute Gasteiger partial charge is 0.101 e. The van der Waals surface area contributed by atoms with Crippen LogP contribution >= 0.6 is 0 Å². The van der Waals surface area contributed by atoms with E-state index in [-0.39, 0.29) is 0 Å². The van der Waals surface area contributed by atoms with Gasteiger partial charge in [0, 0.05) is 25.5 Å². The zero-order chi connectivity index (χ0) is 37.3. The van der Waals surface area contributed by atoms with Crippen molar-refractivity contribution in [1.29, 1.82) is 0 Å². The zero-order valence-corrected chi connectivity index (χ0v) is 36.7. The summed E-state index contributed by atoms with van der Waals surface area (Å²) in [5.74, 6) is 0. The van der Waals surface area contributed by atoms with Crippen molar-refractivity contribution >= 4 is 0 Å². The Morgan fingerprint density at radius 3 is 0.673 bits per heavy atom. The molecule has 1 heterocycles. The molecular formula is C50H100N2. The standard InChI is InChI=1S/C50H100N2/c1-4-7-10-13-16-19-22-25-26-27-29-32-35-38-41-44-47-52-49-48-51(46-43-40-37-34-31-28-23-20-17-14-11-8-5-2)50(52)45-42-39-36-33-30-24-21-18-15-12-9-6-3/h48-50H,4-47H2,1-3H3. The van der Waals surface area contributed by atoms with Crippen LogP contribution in [0.3, 0.4) is 0 Å². The SMILES string of the molecule is CCCCCCCCCCCCCCCCCCN1C=CN(CCCCCCCCCCCCCCC)C1CCCCCCCCCCCCCC. The van der Waals surface area contributed by atoms with E-state index in [4.69, 9.17) is 0 Å². The highest BCUT2D eigenvalue weighted by Gasteiger charge is 2.24. The van der Waals surface area contributed by atoms with Crippen molar-refractivity contribution < 1.29 is 0 Å². The molecule has 1 unspecified atom stereocenters. The highest BCUT2D eigenvalue weighted by molar-refractivity contribution is 4.97. The number of hydrogen-bond donors (Lipinski definition) is 0. The lowest BCUT2D eigenvalue weighted by molar-refractivity contribution is 0.135. The van der Waals surface area contributed by atoms with Crippen LogP contribution in [0.25, 0.3) is 0 Å². The van der Waals surface area contributed by atoms with Crippen LogP contribution in [0.2, 0.25) is 0 Å². The van der Waals surface area contributed by atoms with Gasteiger partial charge in [-0.25, -0.2) is 0 Å². The molecule has 1 aliphatic heterocycles. The molecule has 2 nitrogen and oxygen atoms in total. The van der Waals surface area contributed by atoms with Crippen molar-refractivity contribution in [1.82, 2.24) is 9.80 Å². The molecule has 2 heteroatoms.